The number of nitrogens with zero attached hydrogens (tertiary/aromatic N) is 2. The smallest absolute Gasteiger partial charge is 0.305 e. The van der Waals surface area contributed by atoms with Gasteiger partial charge >= 0.3 is 5.97 Å². The number of carbonyl (C=O) groups excluding carboxylic acids is 1. The summed E-state index contributed by atoms with van der Waals surface area (Å²) >= 11 is 0. The number of amides is 1. The van der Waals surface area contributed by atoms with Crippen molar-refractivity contribution < 1.29 is 14.7 Å². The van der Waals surface area contributed by atoms with Gasteiger partial charge < -0.3 is 10.8 Å². The number of nitrogens with two attached hydrogens (primary N) is 1. The lowest BCUT2D eigenvalue weighted by molar-refractivity contribution is -0.137. The van der Waals surface area contributed by atoms with Gasteiger partial charge in [-0.2, -0.15) is 5.10 Å². The molecule has 0 aliphatic heterocycles. The molecule has 3 N–H and O–H groups in total. The van der Waals surface area contributed by atoms with Crippen LogP contribution in [0.1, 0.15) is 16.9 Å². The molecule has 1 aromatic heterocycles. The first-order valence-electron chi connectivity index (χ1n) is 3.64. The Hall–Kier alpha value is -1.85. The van der Waals surface area contributed by atoms with E-state index in [9.17, 15) is 9.59 Å². The Morgan fingerprint density at radius 3 is 2.77 bits per heavy atom. The zero-order valence-corrected chi connectivity index (χ0v) is 6.80. The summed E-state index contributed by atoms with van der Waals surface area (Å²) in [6.07, 6.45) is 1.49. The molecular weight excluding hydrogens is 174 g/mol. The SMILES string of the molecule is NC(=O)c1ccn(CCC(=O)O)n1. The van der Waals surface area contributed by atoms with Gasteiger partial charge in [0.05, 0.1) is 13.0 Å². The quantitative estimate of drug-likeness (QED) is 0.654. The van der Waals surface area contributed by atoms with Gasteiger partial charge in [0.25, 0.3) is 5.91 Å². The van der Waals surface area contributed by atoms with Crippen LogP contribution in [0.2, 0.25) is 0 Å². The monoisotopic (exact) mass is 183 g/mol. The van der Waals surface area contributed by atoms with Crippen LogP contribution in [-0.2, 0) is 11.3 Å². The Labute approximate surface area is 74.0 Å². The average molecular weight is 183 g/mol. The molecule has 13 heavy (non-hydrogen) atoms. The largest absolute Gasteiger partial charge is 0.481 e. The topological polar surface area (TPSA) is 98.2 Å². The number of hydrogen-bond donors (Lipinski definition) is 2. The fraction of sp³-hybridized carbons (Fsp3) is 0.286. The molecule has 6 nitrogen and oxygen atoms in total. The number of aryl methyl sites for hydroxylation is 1. The molecule has 0 bridgehead atoms. The number of aliphatic carboxylic acids is 1. The third kappa shape index (κ3) is 2.58. The van der Waals surface area contributed by atoms with E-state index in [4.69, 9.17) is 10.8 Å². The van der Waals surface area contributed by atoms with Crippen LogP contribution in [-0.4, -0.2) is 26.8 Å². The fourth-order valence-electron chi connectivity index (χ4n) is 0.828. The van der Waals surface area contributed by atoms with Gasteiger partial charge in [0.1, 0.15) is 5.69 Å². The molecule has 0 unspecified atom stereocenters. The maximum absolute atomic E-state index is 10.6. The molecule has 1 rings (SSSR count). The number of carboxylic acid groups (broad SMARTS) is 1. The second kappa shape index (κ2) is 3.70. The maximum Gasteiger partial charge on any atom is 0.305 e. The van der Waals surface area contributed by atoms with Gasteiger partial charge in [-0.25, -0.2) is 0 Å². The molecule has 1 heterocycles. The van der Waals surface area contributed by atoms with Crippen molar-refractivity contribution in [2.24, 2.45) is 5.73 Å². The lowest BCUT2D eigenvalue weighted by Crippen LogP contribution is -2.13. The van der Waals surface area contributed by atoms with Crippen molar-refractivity contribution in [1.82, 2.24) is 9.78 Å². The standard InChI is InChI=1S/C7H9N3O3/c8-7(13)5-1-3-10(9-5)4-2-6(11)12/h1,3H,2,4H2,(H2,8,13)(H,11,12). The van der Waals surface area contributed by atoms with Crippen LogP contribution in [0, 0.1) is 0 Å². The Morgan fingerprint density at radius 1 is 1.62 bits per heavy atom. The molecule has 70 valence electrons. The molecule has 0 aliphatic rings. The van der Waals surface area contributed by atoms with E-state index in [2.05, 4.69) is 5.10 Å². The first kappa shape index (κ1) is 9.24. The fourth-order valence-corrected chi connectivity index (χ4v) is 0.828. The van der Waals surface area contributed by atoms with Gasteiger partial charge in [-0.3, -0.25) is 14.3 Å². The van der Waals surface area contributed by atoms with Crippen LogP contribution in [0.25, 0.3) is 0 Å². The van der Waals surface area contributed by atoms with Crippen molar-refractivity contribution >= 4 is 11.9 Å². The molecule has 0 radical (unpaired) electrons. The van der Waals surface area contributed by atoms with E-state index in [0.717, 1.165) is 0 Å². The van der Waals surface area contributed by atoms with Crippen LogP contribution in [0.3, 0.4) is 0 Å². The highest BCUT2D eigenvalue weighted by Gasteiger charge is 2.05. The molecule has 0 spiro atoms. The van der Waals surface area contributed by atoms with Crippen molar-refractivity contribution in [3.63, 3.8) is 0 Å². The van der Waals surface area contributed by atoms with Gasteiger partial charge in [0.15, 0.2) is 0 Å². The number of hydrogen-bond acceptors (Lipinski definition) is 3. The van der Waals surface area contributed by atoms with Crippen molar-refractivity contribution in [2.75, 3.05) is 0 Å². The summed E-state index contributed by atoms with van der Waals surface area (Å²) in [5, 5.41) is 12.1. The summed E-state index contributed by atoms with van der Waals surface area (Å²) in [6, 6.07) is 1.45. The van der Waals surface area contributed by atoms with E-state index in [1.807, 2.05) is 0 Å². The Kier molecular flexibility index (Phi) is 2.63. The third-order valence-corrected chi connectivity index (χ3v) is 1.45. The number of carbonyl (C=O) groups is 2. The Morgan fingerprint density at radius 2 is 2.31 bits per heavy atom. The number of rotatable bonds is 4. The highest BCUT2D eigenvalue weighted by atomic mass is 16.4. The third-order valence-electron chi connectivity index (χ3n) is 1.45. The molecule has 1 aromatic rings. The summed E-state index contributed by atoms with van der Waals surface area (Å²) in [6.45, 7) is 0.239. The second-order valence-electron chi connectivity index (χ2n) is 2.47. The van der Waals surface area contributed by atoms with Crippen molar-refractivity contribution in [2.45, 2.75) is 13.0 Å². The lowest BCUT2D eigenvalue weighted by atomic mass is 10.4. The summed E-state index contributed by atoms with van der Waals surface area (Å²) in [4.78, 5) is 20.8. The first-order valence-corrected chi connectivity index (χ1v) is 3.64. The summed E-state index contributed by atoms with van der Waals surface area (Å²) in [7, 11) is 0. The van der Waals surface area contributed by atoms with Crippen LogP contribution in [0.15, 0.2) is 12.3 Å². The van der Waals surface area contributed by atoms with Gasteiger partial charge in [-0.1, -0.05) is 0 Å². The molecular formula is C7H9N3O3. The lowest BCUT2D eigenvalue weighted by Gasteiger charge is -1.95. The van der Waals surface area contributed by atoms with E-state index >= 15 is 0 Å². The maximum atomic E-state index is 10.6. The molecule has 6 heteroatoms. The van der Waals surface area contributed by atoms with E-state index in [0.29, 0.717) is 0 Å². The minimum atomic E-state index is -0.906. The molecule has 0 saturated heterocycles. The zero-order valence-electron chi connectivity index (χ0n) is 6.80. The van der Waals surface area contributed by atoms with Gasteiger partial charge in [-0.05, 0) is 6.07 Å². The van der Waals surface area contributed by atoms with Crippen LogP contribution in [0.5, 0.6) is 0 Å². The van der Waals surface area contributed by atoms with Crippen molar-refractivity contribution in [3.05, 3.63) is 18.0 Å². The molecule has 0 fully saturated rings. The van der Waals surface area contributed by atoms with Crippen molar-refractivity contribution in [3.8, 4) is 0 Å². The second-order valence-corrected chi connectivity index (χ2v) is 2.47. The van der Waals surface area contributed by atoms with Crippen LogP contribution in [0.4, 0.5) is 0 Å². The van der Waals surface area contributed by atoms with E-state index in [-0.39, 0.29) is 18.7 Å². The van der Waals surface area contributed by atoms with E-state index in [1.165, 1.54) is 16.9 Å². The molecule has 0 atom stereocenters. The van der Waals surface area contributed by atoms with Gasteiger partial charge in [0.2, 0.25) is 0 Å². The predicted molar refractivity (Wildman–Crippen MR) is 43.0 cm³/mol. The predicted octanol–water partition coefficient (Wildman–Crippen LogP) is -0.543. The minimum absolute atomic E-state index is 0.0279. The first-order chi connectivity index (χ1) is 6.09. The highest BCUT2D eigenvalue weighted by Crippen LogP contribution is 1.95. The summed E-state index contributed by atoms with van der Waals surface area (Å²) < 4.78 is 1.37. The number of carboxylic acids is 1. The van der Waals surface area contributed by atoms with Crippen LogP contribution < -0.4 is 5.73 Å². The normalized spacial score (nSPS) is 9.85. The Balaban J connectivity index is 2.59. The molecule has 1 amide bonds. The number of aromatic nitrogens is 2. The van der Waals surface area contributed by atoms with E-state index < -0.39 is 11.9 Å². The van der Waals surface area contributed by atoms with Gasteiger partial charge in [-0.15, -0.1) is 0 Å². The number of primary amides is 1. The van der Waals surface area contributed by atoms with Crippen molar-refractivity contribution in [1.29, 1.82) is 0 Å². The van der Waals surface area contributed by atoms with Gasteiger partial charge in [0, 0.05) is 6.20 Å². The molecule has 0 saturated carbocycles. The summed E-state index contributed by atoms with van der Waals surface area (Å²) in [5.41, 5.74) is 5.10. The summed E-state index contributed by atoms with van der Waals surface area (Å²) in [5.74, 6) is -1.52. The molecule has 0 aliphatic carbocycles. The zero-order chi connectivity index (χ0) is 9.84. The molecule has 0 aromatic carbocycles. The van der Waals surface area contributed by atoms with Crippen LogP contribution >= 0.6 is 0 Å². The minimum Gasteiger partial charge on any atom is -0.481 e. The highest BCUT2D eigenvalue weighted by molar-refractivity contribution is 5.90. The van der Waals surface area contributed by atoms with E-state index in [1.54, 1.807) is 0 Å². The Bertz CT molecular complexity index is 331. The average Bonchev–Trinajstić information content (AvgIpc) is 2.48.